The van der Waals surface area contributed by atoms with E-state index in [2.05, 4.69) is 0 Å². The number of carbonyl (C=O) groups is 2. The standard InChI is InChI=1S/C29H25F8N3O5/c1-12-6-19(29(35,36)37)23(26(42)40(12)3)16-5-4-14(17-10-45-11-18(16)17)7-22(27(43)44)39-25(41)24-20(30)8-15(9-21(24)31)38-13(2)28(32,33)34/h4-6,8-9,13,22,38H,7,10-11H2,1-3H3,(H,39,41)(H,43,44)/t13-,22+/m1/s1. The van der Waals surface area contributed by atoms with Gasteiger partial charge in [-0.1, -0.05) is 12.1 Å². The van der Waals surface area contributed by atoms with E-state index in [1.807, 2.05) is 10.6 Å². The number of hydrogen-bond donors (Lipinski definition) is 3. The highest BCUT2D eigenvalue weighted by Crippen LogP contribution is 2.40. The van der Waals surface area contributed by atoms with Gasteiger partial charge in [-0.25, -0.2) is 13.6 Å². The minimum atomic E-state index is -4.88. The van der Waals surface area contributed by atoms with Crippen molar-refractivity contribution in [1.29, 1.82) is 0 Å². The number of aliphatic carboxylic acids is 1. The lowest BCUT2D eigenvalue weighted by Crippen LogP contribution is -2.43. The molecule has 0 saturated heterocycles. The second kappa shape index (κ2) is 12.1. The van der Waals surface area contributed by atoms with E-state index in [-0.39, 0.29) is 41.2 Å². The number of carboxylic acid groups (broad SMARTS) is 1. The average molecular weight is 648 g/mol. The molecule has 0 fully saturated rings. The molecule has 1 aliphatic rings. The summed E-state index contributed by atoms with van der Waals surface area (Å²) in [5, 5.41) is 13.6. The summed E-state index contributed by atoms with van der Waals surface area (Å²) in [7, 11) is 1.31. The Morgan fingerprint density at radius 1 is 1.02 bits per heavy atom. The first-order chi connectivity index (χ1) is 20.8. The number of carboxylic acids is 1. The van der Waals surface area contributed by atoms with Crippen LogP contribution in [0.4, 0.5) is 40.8 Å². The Morgan fingerprint density at radius 2 is 1.62 bits per heavy atom. The van der Waals surface area contributed by atoms with Gasteiger partial charge in [0.1, 0.15) is 29.3 Å². The number of nitrogens with zero attached hydrogens (tertiary/aromatic N) is 1. The third kappa shape index (κ3) is 6.79. The number of ether oxygens (including phenoxy) is 1. The highest BCUT2D eigenvalue weighted by atomic mass is 19.4. The van der Waals surface area contributed by atoms with Crippen molar-refractivity contribution >= 4 is 17.6 Å². The van der Waals surface area contributed by atoms with Crippen molar-refractivity contribution < 1.29 is 54.6 Å². The van der Waals surface area contributed by atoms with E-state index in [1.54, 1.807) is 0 Å². The maximum atomic E-state index is 14.7. The molecule has 2 atom stereocenters. The van der Waals surface area contributed by atoms with Gasteiger partial charge in [0.15, 0.2) is 0 Å². The van der Waals surface area contributed by atoms with Crippen LogP contribution in [-0.4, -0.2) is 39.8 Å². The van der Waals surface area contributed by atoms with Crippen molar-refractivity contribution in [3.63, 3.8) is 0 Å². The smallest absolute Gasteiger partial charge is 0.417 e. The minimum Gasteiger partial charge on any atom is -0.480 e. The third-order valence-electron chi connectivity index (χ3n) is 7.44. The zero-order valence-corrected chi connectivity index (χ0v) is 23.7. The van der Waals surface area contributed by atoms with Crippen LogP contribution in [0.15, 0.2) is 35.1 Å². The van der Waals surface area contributed by atoms with Gasteiger partial charge in [0.25, 0.3) is 11.5 Å². The first-order valence-corrected chi connectivity index (χ1v) is 13.2. The number of halogens is 8. The number of benzene rings is 2. The van der Waals surface area contributed by atoms with Crippen molar-refractivity contribution in [1.82, 2.24) is 9.88 Å². The number of anilines is 1. The number of amides is 1. The van der Waals surface area contributed by atoms with Crippen LogP contribution in [0.1, 0.15) is 45.2 Å². The van der Waals surface area contributed by atoms with E-state index in [9.17, 15) is 54.6 Å². The molecule has 3 aromatic rings. The van der Waals surface area contributed by atoms with Gasteiger partial charge in [0.05, 0.1) is 24.3 Å². The molecule has 8 nitrogen and oxygen atoms in total. The van der Waals surface area contributed by atoms with Gasteiger partial charge >= 0.3 is 18.3 Å². The van der Waals surface area contributed by atoms with Crippen LogP contribution in [0.5, 0.6) is 0 Å². The molecule has 4 rings (SSSR count). The molecule has 1 amide bonds. The number of alkyl halides is 6. The molecule has 0 radical (unpaired) electrons. The lowest BCUT2D eigenvalue weighted by atomic mass is 9.89. The third-order valence-corrected chi connectivity index (χ3v) is 7.44. The molecule has 1 aromatic heterocycles. The van der Waals surface area contributed by atoms with E-state index < -0.39 is 82.3 Å². The summed E-state index contributed by atoms with van der Waals surface area (Å²) in [6.07, 6.45) is -10.1. The van der Waals surface area contributed by atoms with E-state index in [4.69, 9.17) is 4.74 Å². The van der Waals surface area contributed by atoms with Crippen molar-refractivity contribution in [3.05, 3.63) is 85.8 Å². The molecular weight excluding hydrogens is 622 g/mol. The number of aromatic nitrogens is 1. The lowest BCUT2D eigenvalue weighted by Gasteiger charge is -2.20. The van der Waals surface area contributed by atoms with Crippen LogP contribution < -0.4 is 16.2 Å². The molecule has 242 valence electrons. The number of aryl methyl sites for hydroxylation is 1. The highest BCUT2D eigenvalue weighted by Gasteiger charge is 2.38. The van der Waals surface area contributed by atoms with E-state index in [1.165, 1.54) is 26.1 Å². The normalized spacial score (nSPS) is 14.6. The van der Waals surface area contributed by atoms with Gasteiger partial charge in [0, 0.05) is 24.8 Å². The van der Waals surface area contributed by atoms with Crippen LogP contribution in [0.25, 0.3) is 11.1 Å². The second-order valence-electron chi connectivity index (χ2n) is 10.4. The average Bonchev–Trinajstić information content (AvgIpc) is 3.41. The number of hydrogen-bond acceptors (Lipinski definition) is 5. The first kappa shape index (κ1) is 33.4. The molecule has 1 aliphatic heterocycles. The number of rotatable bonds is 8. The topological polar surface area (TPSA) is 110 Å². The quantitative estimate of drug-likeness (QED) is 0.280. The molecule has 0 spiro atoms. The summed E-state index contributed by atoms with van der Waals surface area (Å²) >= 11 is 0. The largest absolute Gasteiger partial charge is 0.480 e. The lowest BCUT2D eigenvalue weighted by molar-refractivity contribution is -0.139. The maximum Gasteiger partial charge on any atom is 0.417 e. The summed E-state index contributed by atoms with van der Waals surface area (Å²) in [6.45, 7) is 1.67. The predicted octanol–water partition coefficient (Wildman–Crippen LogP) is 5.48. The van der Waals surface area contributed by atoms with E-state index in [0.29, 0.717) is 19.1 Å². The Bertz CT molecular complexity index is 1710. The SMILES string of the molecule is Cc1cc(C(F)(F)F)c(-c2ccc(C[C@H](NC(=O)c3c(F)cc(N[C@H](C)C(F)(F)F)cc3F)C(=O)O)c3c2COC3)c(=O)n1C. The van der Waals surface area contributed by atoms with E-state index in [0.717, 1.165) is 10.6 Å². The van der Waals surface area contributed by atoms with Gasteiger partial charge in [0.2, 0.25) is 0 Å². The summed E-state index contributed by atoms with van der Waals surface area (Å²) in [4.78, 5) is 37.8. The zero-order valence-electron chi connectivity index (χ0n) is 23.7. The Kier molecular flexibility index (Phi) is 9.02. The van der Waals surface area contributed by atoms with Gasteiger partial charge in [-0.15, -0.1) is 0 Å². The molecule has 0 saturated carbocycles. The molecule has 0 aliphatic carbocycles. The van der Waals surface area contributed by atoms with Crippen LogP contribution >= 0.6 is 0 Å². The molecule has 3 N–H and O–H groups in total. The van der Waals surface area contributed by atoms with Gasteiger partial charge in [-0.3, -0.25) is 9.59 Å². The molecule has 0 unspecified atom stereocenters. The molecule has 2 aromatic carbocycles. The van der Waals surface area contributed by atoms with Gasteiger partial charge in [-0.05, 0) is 54.3 Å². The van der Waals surface area contributed by atoms with Crippen LogP contribution in [0.3, 0.4) is 0 Å². The summed E-state index contributed by atoms with van der Waals surface area (Å²) in [6, 6.07) is 0.214. The Balaban J connectivity index is 1.66. The van der Waals surface area contributed by atoms with Crippen molar-refractivity contribution in [2.75, 3.05) is 5.32 Å². The predicted molar refractivity (Wildman–Crippen MR) is 143 cm³/mol. The molecule has 2 heterocycles. The van der Waals surface area contributed by atoms with Crippen LogP contribution in [0, 0.1) is 18.6 Å². The fourth-order valence-electron chi connectivity index (χ4n) is 4.93. The summed E-state index contributed by atoms with van der Waals surface area (Å²) in [5.41, 5.74) is -3.91. The highest BCUT2D eigenvalue weighted by molar-refractivity contribution is 5.97. The summed E-state index contributed by atoms with van der Waals surface area (Å²) in [5.74, 6) is -6.28. The fourth-order valence-corrected chi connectivity index (χ4v) is 4.93. The van der Waals surface area contributed by atoms with E-state index >= 15 is 0 Å². The van der Waals surface area contributed by atoms with Crippen LogP contribution in [-0.2, 0) is 42.4 Å². The summed E-state index contributed by atoms with van der Waals surface area (Å²) < 4.78 is 116. The Labute approximate surface area is 249 Å². The van der Waals surface area contributed by atoms with Gasteiger partial charge < -0.3 is 25.0 Å². The minimum absolute atomic E-state index is 0.0651. The Hall–Kier alpha value is -4.47. The maximum absolute atomic E-state index is 14.7. The number of fused-ring (bicyclic) bond motifs is 1. The van der Waals surface area contributed by atoms with Crippen LogP contribution in [0.2, 0.25) is 0 Å². The number of nitrogens with one attached hydrogen (secondary N) is 2. The monoisotopic (exact) mass is 647 g/mol. The van der Waals surface area contributed by atoms with Crippen molar-refractivity contribution in [2.45, 2.75) is 57.9 Å². The van der Waals surface area contributed by atoms with Crippen molar-refractivity contribution in [2.24, 2.45) is 7.05 Å². The van der Waals surface area contributed by atoms with Crippen molar-refractivity contribution in [3.8, 4) is 11.1 Å². The Morgan fingerprint density at radius 3 is 2.18 bits per heavy atom. The molecule has 16 heteroatoms. The second-order valence-corrected chi connectivity index (χ2v) is 10.4. The molecule has 45 heavy (non-hydrogen) atoms. The number of pyridine rings is 1. The fraction of sp³-hybridized carbons (Fsp3) is 0.345. The molecular formula is C29H25F8N3O5. The van der Waals surface area contributed by atoms with Gasteiger partial charge in [-0.2, -0.15) is 26.3 Å². The number of carbonyl (C=O) groups excluding carboxylic acids is 1. The first-order valence-electron chi connectivity index (χ1n) is 13.2. The molecule has 0 bridgehead atoms. The zero-order chi connectivity index (χ0) is 33.6.